The van der Waals surface area contributed by atoms with Crippen LogP contribution < -0.4 is 4.90 Å². The van der Waals surface area contributed by atoms with Crippen LogP contribution in [0.2, 0.25) is 0 Å². The summed E-state index contributed by atoms with van der Waals surface area (Å²) in [5.41, 5.74) is 3.86. The molecule has 1 aromatic heterocycles. The van der Waals surface area contributed by atoms with Crippen LogP contribution in [-0.2, 0) is 32.4 Å². The summed E-state index contributed by atoms with van der Waals surface area (Å²) in [7, 11) is -3.33. The Balaban J connectivity index is 1.22. The van der Waals surface area contributed by atoms with Crippen molar-refractivity contribution in [1.29, 1.82) is 0 Å². The van der Waals surface area contributed by atoms with E-state index in [9.17, 15) is 18.0 Å². The van der Waals surface area contributed by atoms with Gasteiger partial charge < -0.3 is 19.3 Å². The van der Waals surface area contributed by atoms with Crippen molar-refractivity contribution in [1.82, 2.24) is 14.4 Å². The molecule has 0 radical (unpaired) electrons. The molecule has 0 bridgehead atoms. The number of hydrogen-bond acceptors (Lipinski definition) is 5. The molecule has 0 spiro atoms. The normalized spacial score (nSPS) is 17.6. The molecule has 5 rings (SSSR count). The highest BCUT2D eigenvalue weighted by molar-refractivity contribution is 7.94. The molecular formula is C33H36N4O4S. The third kappa shape index (κ3) is 7.31. The maximum Gasteiger partial charge on any atom is 0.227 e. The van der Waals surface area contributed by atoms with E-state index in [0.717, 1.165) is 42.0 Å². The van der Waals surface area contributed by atoms with Crippen LogP contribution >= 0.6 is 0 Å². The lowest BCUT2D eigenvalue weighted by molar-refractivity contribution is -0.132. The zero-order chi connectivity index (χ0) is 29.5. The summed E-state index contributed by atoms with van der Waals surface area (Å²) in [4.78, 5) is 31.8. The van der Waals surface area contributed by atoms with E-state index in [2.05, 4.69) is 10.8 Å². The summed E-state index contributed by atoms with van der Waals surface area (Å²) in [6, 6.07) is 19.3. The molecule has 2 aliphatic rings. The van der Waals surface area contributed by atoms with Crippen molar-refractivity contribution in [3.63, 3.8) is 0 Å². The molecule has 1 atom stereocenters. The van der Waals surface area contributed by atoms with Gasteiger partial charge in [-0.1, -0.05) is 24.3 Å². The maximum absolute atomic E-state index is 13.6. The second-order valence-corrected chi connectivity index (χ2v) is 12.7. The van der Waals surface area contributed by atoms with Gasteiger partial charge in [0.1, 0.15) is 0 Å². The lowest BCUT2D eigenvalue weighted by Crippen LogP contribution is -2.48. The van der Waals surface area contributed by atoms with Crippen LogP contribution in [-0.4, -0.2) is 72.6 Å². The van der Waals surface area contributed by atoms with Gasteiger partial charge in [0.15, 0.2) is 9.84 Å². The largest absolute Gasteiger partial charge is 0.368 e. The highest BCUT2D eigenvalue weighted by Gasteiger charge is 2.30. The first kappa shape index (κ1) is 29.2. The number of aromatic nitrogens is 1. The second kappa shape index (κ2) is 13.1. The van der Waals surface area contributed by atoms with Gasteiger partial charge in [0.25, 0.3) is 0 Å². The van der Waals surface area contributed by atoms with E-state index in [1.165, 1.54) is 5.41 Å². The van der Waals surface area contributed by atoms with Gasteiger partial charge in [-0.15, -0.1) is 12.3 Å². The molecule has 1 unspecified atom stereocenters. The van der Waals surface area contributed by atoms with Crippen molar-refractivity contribution in [2.75, 3.05) is 36.8 Å². The number of benzene rings is 2. The quantitative estimate of drug-likeness (QED) is 0.267. The van der Waals surface area contributed by atoms with E-state index in [1.54, 1.807) is 11.0 Å². The maximum atomic E-state index is 13.6. The van der Waals surface area contributed by atoms with Gasteiger partial charge in [-0.05, 0) is 60.0 Å². The molecule has 1 fully saturated rings. The molecule has 1 saturated heterocycles. The first-order chi connectivity index (χ1) is 20.3. The summed E-state index contributed by atoms with van der Waals surface area (Å²) < 4.78 is 26.4. The Morgan fingerprint density at radius 2 is 1.55 bits per heavy atom. The molecular weight excluding hydrogens is 548 g/mol. The van der Waals surface area contributed by atoms with Crippen LogP contribution in [0.15, 0.2) is 84.5 Å². The van der Waals surface area contributed by atoms with Crippen molar-refractivity contribution in [2.24, 2.45) is 0 Å². The van der Waals surface area contributed by atoms with Gasteiger partial charge in [0.05, 0.1) is 18.2 Å². The summed E-state index contributed by atoms with van der Waals surface area (Å²) in [6.45, 7) is 3.16. The number of carbonyl (C=O) groups is 2. The predicted molar refractivity (Wildman–Crippen MR) is 165 cm³/mol. The van der Waals surface area contributed by atoms with Gasteiger partial charge in [-0.25, -0.2) is 8.42 Å². The molecule has 9 heteroatoms. The Hall–Kier alpha value is -4.29. The molecule has 2 aromatic carbocycles. The van der Waals surface area contributed by atoms with Crippen LogP contribution in [0.1, 0.15) is 30.4 Å². The highest BCUT2D eigenvalue weighted by atomic mass is 32.2. The second-order valence-electron chi connectivity index (χ2n) is 10.8. The molecule has 0 N–H and O–H groups in total. The van der Waals surface area contributed by atoms with Crippen LogP contribution in [0, 0.1) is 12.3 Å². The SMILES string of the molecule is C#CCCCC(=O)N1CCN(c2ccc(CN(C(=O)Cc3ccc(-n4cccc4)cc3)C3C=CS(=O)(=O)C3)cc2)CC1. The average molecular weight is 585 g/mol. The zero-order valence-electron chi connectivity index (χ0n) is 23.6. The molecule has 2 aliphatic heterocycles. The van der Waals surface area contributed by atoms with Crippen molar-refractivity contribution >= 4 is 27.3 Å². The monoisotopic (exact) mass is 584 g/mol. The fourth-order valence-corrected chi connectivity index (χ4v) is 6.73. The molecule has 0 saturated carbocycles. The number of piperazine rings is 1. The number of amides is 2. The molecule has 3 aromatic rings. The average Bonchev–Trinajstić information content (AvgIpc) is 3.66. The summed E-state index contributed by atoms with van der Waals surface area (Å²) in [5.74, 6) is 2.51. The lowest BCUT2D eigenvalue weighted by Gasteiger charge is -2.36. The number of terminal acetylenes is 1. The minimum Gasteiger partial charge on any atom is -0.368 e. The van der Waals surface area contributed by atoms with Gasteiger partial charge in [-0.3, -0.25) is 9.59 Å². The number of unbranched alkanes of at least 4 members (excludes halogenated alkanes) is 1. The number of carbonyl (C=O) groups excluding carboxylic acids is 2. The first-order valence-corrected chi connectivity index (χ1v) is 16.0. The van der Waals surface area contributed by atoms with E-state index in [1.807, 2.05) is 82.5 Å². The van der Waals surface area contributed by atoms with Gasteiger partial charge in [0.2, 0.25) is 11.8 Å². The third-order valence-electron chi connectivity index (χ3n) is 7.82. The Labute approximate surface area is 248 Å². The van der Waals surface area contributed by atoms with E-state index in [-0.39, 0.29) is 24.0 Å². The van der Waals surface area contributed by atoms with Crippen LogP contribution in [0.4, 0.5) is 5.69 Å². The Morgan fingerprint density at radius 3 is 2.17 bits per heavy atom. The van der Waals surface area contributed by atoms with E-state index < -0.39 is 15.9 Å². The summed E-state index contributed by atoms with van der Waals surface area (Å²) in [6.07, 6.45) is 12.8. The molecule has 8 nitrogen and oxygen atoms in total. The van der Waals surface area contributed by atoms with E-state index in [0.29, 0.717) is 32.5 Å². The third-order valence-corrected chi connectivity index (χ3v) is 9.20. The minimum absolute atomic E-state index is 0.102. The number of rotatable bonds is 10. The summed E-state index contributed by atoms with van der Waals surface area (Å²) >= 11 is 0. The van der Waals surface area contributed by atoms with Gasteiger partial charge in [-0.2, -0.15) is 0 Å². The number of anilines is 1. The summed E-state index contributed by atoms with van der Waals surface area (Å²) in [5, 5.41) is 1.21. The lowest BCUT2D eigenvalue weighted by atomic mass is 10.1. The number of nitrogens with zero attached hydrogens (tertiary/aromatic N) is 4. The molecule has 3 heterocycles. The van der Waals surface area contributed by atoms with Crippen LogP contribution in [0.5, 0.6) is 0 Å². The van der Waals surface area contributed by atoms with E-state index >= 15 is 0 Å². The van der Waals surface area contributed by atoms with E-state index in [4.69, 9.17) is 6.42 Å². The fourth-order valence-electron chi connectivity index (χ4n) is 5.44. The van der Waals surface area contributed by atoms with Gasteiger partial charge >= 0.3 is 0 Å². The molecule has 42 heavy (non-hydrogen) atoms. The Bertz CT molecular complexity index is 1550. The Morgan fingerprint density at radius 1 is 0.905 bits per heavy atom. The number of sulfone groups is 1. The van der Waals surface area contributed by atoms with Crippen LogP contribution in [0.3, 0.4) is 0 Å². The minimum atomic E-state index is -3.33. The van der Waals surface area contributed by atoms with Crippen molar-refractivity contribution < 1.29 is 18.0 Å². The standard InChI is InChI=1S/C33H36N4O4S/c1-2-3-4-7-32(38)36-21-19-35(20-22-36)30-14-10-28(11-15-30)25-37(31-16-23-42(40,41)26-31)33(39)24-27-8-12-29(13-9-27)34-17-5-6-18-34/h1,5-6,8-18,23,31H,3-4,7,19-22,24-26H2. The number of hydrogen-bond donors (Lipinski definition) is 0. The predicted octanol–water partition coefficient (Wildman–Crippen LogP) is 3.81. The fraction of sp³-hybridized carbons (Fsp3) is 0.333. The zero-order valence-corrected chi connectivity index (χ0v) is 24.5. The Kier molecular flexibility index (Phi) is 9.13. The van der Waals surface area contributed by atoms with Crippen molar-refractivity contribution in [3.05, 3.63) is 95.7 Å². The van der Waals surface area contributed by atoms with Gasteiger partial charge in [0, 0.05) is 74.7 Å². The molecule has 2 amide bonds. The molecule has 0 aliphatic carbocycles. The molecule has 218 valence electrons. The smallest absolute Gasteiger partial charge is 0.227 e. The highest BCUT2D eigenvalue weighted by Crippen LogP contribution is 2.23. The van der Waals surface area contributed by atoms with Crippen molar-refractivity contribution in [2.45, 2.75) is 38.3 Å². The van der Waals surface area contributed by atoms with Crippen molar-refractivity contribution in [3.8, 4) is 18.0 Å². The van der Waals surface area contributed by atoms with Crippen LogP contribution in [0.25, 0.3) is 5.69 Å². The topological polar surface area (TPSA) is 82.9 Å². The first-order valence-electron chi connectivity index (χ1n) is 14.3.